The Labute approximate surface area is 190 Å². The van der Waals surface area contributed by atoms with E-state index < -0.39 is 5.60 Å². The van der Waals surface area contributed by atoms with E-state index >= 15 is 0 Å². The number of fused-ring (bicyclic) bond motifs is 5. The van der Waals surface area contributed by atoms with Crippen LogP contribution in [-0.4, -0.2) is 28.2 Å². The predicted molar refractivity (Wildman–Crippen MR) is 125 cm³/mol. The maximum Gasteiger partial charge on any atom is 0.151 e. The summed E-state index contributed by atoms with van der Waals surface area (Å²) in [6, 6.07) is 0. The quantitative estimate of drug-likeness (QED) is 0.406. The van der Waals surface area contributed by atoms with Gasteiger partial charge in [-0.3, -0.25) is 0 Å². The summed E-state index contributed by atoms with van der Waals surface area (Å²) in [7, 11) is 0. The number of carbonyl (C=O) groups is 1. The van der Waals surface area contributed by atoms with Crippen LogP contribution in [0.3, 0.4) is 0 Å². The van der Waals surface area contributed by atoms with Crippen molar-refractivity contribution in [2.75, 3.05) is 0 Å². The van der Waals surface area contributed by atoms with E-state index in [1.807, 2.05) is 13.8 Å². The van der Waals surface area contributed by atoms with Crippen LogP contribution in [0.2, 0.25) is 0 Å². The van der Waals surface area contributed by atoms with Crippen molar-refractivity contribution in [1.82, 2.24) is 0 Å². The minimum Gasteiger partial charge on any atom is -0.393 e. The number of allylic oxidation sites excluding steroid dienone is 1. The van der Waals surface area contributed by atoms with E-state index in [0.29, 0.717) is 29.1 Å². The van der Waals surface area contributed by atoms with Crippen molar-refractivity contribution in [2.45, 2.75) is 111 Å². The number of rotatable bonds is 6. The fourth-order valence-electron chi connectivity index (χ4n) is 8.76. The normalized spacial score (nSPS) is 45.2. The summed E-state index contributed by atoms with van der Waals surface area (Å²) in [4.78, 5) is 11.5. The molecule has 31 heavy (non-hydrogen) atoms. The van der Waals surface area contributed by atoms with Crippen LogP contribution < -0.4 is 0 Å². The van der Waals surface area contributed by atoms with Crippen LogP contribution in [0.1, 0.15) is 98.8 Å². The minimum atomic E-state index is -1.17. The van der Waals surface area contributed by atoms with Crippen molar-refractivity contribution in [2.24, 2.45) is 46.3 Å². The van der Waals surface area contributed by atoms with Crippen LogP contribution in [0.25, 0.3) is 0 Å². The molecule has 0 spiro atoms. The van der Waals surface area contributed by atoms with E-state index in [9.17, 15) is 15.0 Å². The van der Waals surface area contributed by atoms with Gasteiger partial charge in [0.25, 0.3) is 0 Å². The molecule has 0 amide bonds. The van der Waals surface area contributed by atoms with E-state index in [-0.39, 0.29) is 12.0 Å². The van der Waals surface area contributed by atoms with Gasteiger partial charge in [-0.05, 0) is 111 Å². The van der Waals surface area contributed by atoms with Crippen LogP contribution in [-0.2, 0) is 4.79 Å². The Morgan fingerprint density at radius 3 is 2.55 bits per heavy atom. The maximum absolute atomic E-state index is 11.5. The molecule has 4 aliphatic carbocycles. The predicted octanol–water partition coefficient (Wildman–Crippen LogP) is 5.93. The largest absolute Gasteiger partial charge is 0.393 e. The fraction of sp³-hybridized carbons (Fsp3) is 0.893. The number of aliphatic hydroxyl groups excluding tert-OH is 1. The molecule has 0 aliphatic heterocycles. The van der Waals surface area contributed by atoms with Crippen molar-refractivity contribution in [3.05, 3.63) is 11.6 Å². The number of carbonyl (C=O) groups excluding carboxylic acids is 1. The second kappa shape index (κ2) is 8.28. The van der Waals surface area contributed by atoms with Gasteiger partial charge in [-0.15, -0.1) is 0 Å². The summed E-state index contributed by atoms with van der Waals surface area (Å²) >= 11 is 0. The first-order chi connectivity index (χ1) is 14.5. The molecule has 4 rings (SSSR count). The third-order valence-electron chi connectivity index (χ3n) is 11.0. The first kappa shape index (κ1) is 23.5. The molecular weight excluding hydrogens is 384 g/mol. The lowest BCUT2D eigenvalue weighted by molar-refractivity contribution is -0.130. The number of aldehydes is 1. The summed E-state index contributed by atoms with van der Waals surface area (Å²) in [5.74, 6) is 3.60. The zero-order chi connectivity index (χ0) is 22.6. The van der Waals surface area contributed by atoms with Crippen molar-refractivity contribution < 1.29 is 15.0 Å². The second-order valence-corrected chi connectivity index (χ2v) is 12.7. The summed E-state index contributed by atoms with van der Waals surface area (Å²) in [6.45, 7) is 11.3. The van der Waals surface area contributed by atoms with Crippen molar-refractivity contribution >= 4 is 6.29 Å². The second-order valence-electron chi connectivity index (χ2n) is 12.7. The first-order valence-electron chi connectivity index (χ1n) is 13.1. The van der Waals surface area contributed by atoms with Crippen molar-refractivity contribution in [3.63, 3.8) is 0 Å². The average Bonchev–Trinajstić information content (AvgIpc) is 3.09. The highest BCUT2D eigenvalue weighted by atomic mass is 16.3. The van der Waals surface area contributed by atoms with Gasteiger partial charge in [0.1, 0.15) is 5.60 Å². The molecule has 3 nitrogen and oxygen atoms in total. The lowest BCUT2D eigenvalue weighted by atomic mass is 9.47. The van der Waals surface area contributed by atoms with Crippen molar-refractivity contribution in [1.29, 1.82) is 0 Å². The molecule has 0 heterocycles. The highest BCUT2D eigenvalue weighted by molar-refractivity contribution is 5.62. The van der Waals surface area contributed by atoms with E-state index in [0.717, 1.165) is 49.7 Å². The van der Waals surface area contributed by atoms with E-state index in [1.54, 1.807) is 5.57 Å². The molecule has 176 valence electrons. The molecule has 4 aliphatic rings. The van der Waals surface area contributed by atoms with Gasteiger partial charge in [0.2, 0.25) is 0 Å². The van der Waals surface area contributed by atoms with Gasteiger partial charge in [0.15, 0.2) is 6.29 Å². The lowest BCUT2D eigenvalue weighted by Crippen LogP contribution is -2.50. The molecule has 0 aromatic rings. The highest BCUT2D eigenvalue weighted by Gasteiger charge is 2.59. The fourth-order valence-corrected chi connectivity index (χ4v) is 8.76. The van der Waals surface area contributed by atoms with E-state index in [2.05, 4.69) is 26.8 Å². The molecule has 3 heteroatoms. The highest BCUT2D eigenvalue weighted by Crippen LogP contribution is 2.67. The Hall–Kier alpha value is -0.670. The molecule has 2 N–H and O–H groups in total. The van der Waals surface area contributed by atoms with Gasteiger partial charge < -0.3 is 15.0 Å². The molecule has 9 unspecified atom stereocenters. The third kappa shape index (κ3) is 3.76. The lowest BCUT2D eigenvalue weighted by Gasteiger charge is -2.58. The van der Waals surface area contributed by atoms with E-state index in [1.165, 1.54) is 32.1 Å². The van der Waals surface area contributed by atoms with Gasteiger partial charge in [-0.1, -0.05) is 46.3 Å². The van der Waals surface area contributed by atoms with Crippen LogP contribution >= 0.6 is 0 Å². The molecule has 9 atom stereocenters. The Bertz CT molecular complexity index is 713. The number of hydrogen-bond donors (Lipinski definition) is 2. The van der Waals surface area contributed by atoms with Crippen LogP contribution in [0.15, 0.2) is 11.6 Å². The molecule has 0 aromatic heterocycles. The smallest absolute Gasteiger partial charge is 0.151 e. The van der Waals surface area contributed by atoms with Crippen LogP contribution in [0, 0.1) is 46.3 Å². The Kier molecular flexibility index (Phi) is 6.27. The summed E-state index contributed by atoms with van der Waals surface area (Å²) in [5, 5.41) is 20.9. The summed E-state index contributed by atoms with van der Waals surface area (Å²) in [6.07, 6.45) is 14.2. The standard InChI is InChI=1S/C28H46O3/c1-18(2)28(31,17-29)15-10-19(3)23-8-9-24-22-7-6-20-16-21(30)11-13-26(20,4)25(22)12-14-27(23,24)5/h6,17-19,21-25,30-31H,7-16H2,1-5H3. The van der Waals surface area contributed by atoms with E-state index in [4.69, 9.17) is 0 Å². The maximum atomic E-state index is 11.5. The van der Waals surface area contributed by atoms with Gasteiger partial charge in [0, 0.05) is 0 Å². The molecule has 0 bridgehead atoms. The molecule has 0 saturated heterocycles. The zero-order valence-corrected chi connectivity index (χ0v) is 20.6. The topological polar surface area (TPSA) is 57.5 Å². The van der Waals surface area contributed by atoms with Crippen LogP contribution in [0.4, 0.5) is 0 Å². The first-order valence-corrected chi connectivity index (χ1v) is 13.1. The molecule has 0 radical (unpaired) electrons. The third-order valence-corrected chi connectivity index (χ3v) is 11.0. The zero-order valence-electron chi connectivity index (χ0n) is 20.6. The molecule has 3 fully saturated rings. The van der Waals surface area contributed by atoms with Gasteiger partial charge in [-0.2, -0.15) is 0 Å². The average molecular weight is 431 g/mol. The van der Waals surface area contributed by atoms with Crippen molar-refractivity contribution in [3.8, 4) is 0 Å². The van der Waals surface area contributed by atoms with Gasteiger partial charge >= 0.3 is 0 Å². The van der Waals surface area contributed by atoms with Gasteiger partial charge in [-0.25, -0.2) is 0 Å². The Morgan fingerprint density at radius 2 is 1.87 bits per heavy atom. The Balaban J connectivity index is 1.49. The summed E-state index contributed by atoms with van der Waals surface area (Å²) < 4.78 is 0. The Morgan fingerprint density at radius 1 is 1.13 bits per heavy atom. The molecular formula is C28H46O3. The summed E-state index contributed by atoms with van der Waals surface area (Å²) in [5.41, 5.74) is 1.09. The minimum absolute atomic E-state index is 0.0301. The van der Waals surface area contributed by atoms with Gasteiger partial charge in [0.05, 0.1) is 6.10 Å². The number of hydrogen-bond acceptors (Lipinski definition) is 3. The van der Waals surface area contributed by atoms with Crippen LogP contribution in [0.5, 0.6) is 0 Å². The molecule has 0 aromatic carbocycles. The SMILES string of the molecule is CC(CCC(O)(C=O)C(C)C)C1CCC2C3CC=C4CC(O)CCC4(C)C3CCC12C. The number of aliphatic hydroxyl groups is 2. The monoisotopic (exact) mass is 430 g/mol. The molecule has 3 saturated carbocycles.